The lowest BCUT2D eigenvalue weighted by molar-refractivity contribution is -0.115. The van der Waals surface area contributed by atoms with Crippen LogP contribution in [0.2, 0.25) is 0 Å². The van der Waals surface area contributed by atoms with Gasteiger partial charge in [0.25, 0.3) is 0 Å². The molecular formula is C16H20O4. The highest BCUT2D eigenvalue weighted by Gasteiger charge is 2.22. The van der Waals surface area contributed by atoms with Crippen molar-refractivity contribution in [2.24, 2.45) is 5.92 Å². The SMILES string of the molecule is CCC(=O)C1=CC=C(C2CCCC2)C=C(OC(=O)O)C1. The fraction of sp³-hybridized carbons (Fsp3) is 0.500. The predicted octanol–water partition coefficient (Wildman–Crippen LogP) is 3.99. The van der Waals surface area contributed by atoms with Crippen LogP contribution < -0.4 is 0 Å². The predicted molar refractivity (Wildman–Crippen MR) is 75.2 cm³/mol. The highest BCUT2D eigenvalue weighted by molar-refractivity contribution is 5.96. The first kappa shape index (κ1) is 14.6. The van der Waals surface area contributed by atoms with Crippen LogP contribution in [0, 0.1) is 5.92 Å². The van der Waals surface area contributed by atoms with Gasteiger partial charge >= 0.3 is 6.16 Å². The molecule has 0 aliphatic heterocycles. The largest absolute Gasteiger partial charge is 0.511 e. The zero-order valence-electron chi connectivity index (χ0n) is 11.7. The Labute approximate surface area is 118 Å². The van der Waals surface area contributed by atoms with Crippen molar-refractivity contribution in [3.63, 3.8) is 0 Å². The number of allylic oxidation sites excluding steroid dienone is 5. The summed E-state index contributed by atoms with van der Waals surface area (Å²) in [5.74, 6) is 0.838. The fourth-order valence-electron chi connectivity index (χ4n) is 2.84. The van der Waals surface area contributed by atoms with Crippen LogP contribution in [0.1, 0.15) is 45.4 Å². The van der Waals surface area contributed by atoms with E-state index < -0.39 is 6.16 Å². The summed E-state index contributed by atoms with van der Waals surface area (Å²) in [4.78, 5) is 22.6. The summed E-state index contributed by atoms with van der Waals surface area (Å²) in [5, 5.41) is 8.80. The first-order valence-corrected chi connectivity index (χ1v) is 7.15. The number of carbonyl (C=O) groups is 2. The molecule has 0 saturated heterocycles. The molecule has 0 aromatic rings. The fourth-order valence-corrected chi connectivity index (χ4v) is 2.84. The number of carboxylic acid groups (broad SMARTS) is 1. The minimum absolute atomic E-state index is 0.0359. The van der Waals surface area contributed by atoms with Gasteiger partial charge in [0.05, 0.1) is 0 Å². The van der Waals surface area contributed by atoms with Gasteiger partial charge < -0.3 is 9.84 Å². The van der Waals surface area contributed by atoms with Crippen molar-refractivity contribution in [1.29, 1.82) is 0 Å². The zero-order chi connectivity index (χ0) is 14.5. The smallest absolute Gasteiger partial charge is 0.449 e. The molecule has 2 aliphatic rings. The maximum Gasteiger partial charge on any atom is 0.511 e. The number of rotatable bonds is 4. The van der Waals surface area contributed by atoms with Gasteiger partial charge in [-0.25, -0.2) is 4.79 Å². The summed E-state index contributed by atoms with van der Waals surface area (Å²) in [6, 6.07) is 0. The van der Waals surface area contributed by atoms with Crippen LogP contribution in [-0.4, -0.2) is 17.0 Å². The van der Waals surface area contributed by atoms with Crippen molar-refractivity contribution >= 4 is 11.9 Å². The van der Waals surface area contributed by atoms with Gasteiger partial charge in [0.15, 0.2) is 5.78 Å². The van der Waals surface area contributed by atoms with Crippen molar-refractivity contribution in [2.75, 3.05) is 0 Å². The van der Waals surface area contributed by atoms with E-state index in [1.807, 2.05) is 12.2 Å². The number of ketones is 1. The number of ether oxygens (including phenoxy) is 1. The molecule has 2 aliphatic carbocycles. The molecule has 0 spiro atoms. The molecule has 1 saturated carbocycles. The van der Waals surface area contributed by atoms with Crippen LogP contribution in [0.4, 0.5) is 4.79 Å². The Morgan fingerprint density at radius 1 is 1.30 bits per heavy atom. The Kier molecular flexibility index (Phi) is 4.77. The van der Waals surface area contributed by atoms with Crippen molar-refractivity contribution in [2.45, 2.75) is 45.4 Å². The van der Waals surface area contributed by atoms with E-state index in [1.165, 1.54) is 12.8 Å². The molecule has 0 atom stereocenters. The summed E-state index contributed by atoms with van der Waals surface area (Å²) in [6.45, 7) is 1.80. The molecule has 4 nitrogen and oxygen atoms in total. The summed E-state index contributed by atoms with van der Waals surface area (Å²) in [6.07, 6.45) is 9.57. The molecule has 1 fully saturated rings. The van der Waals surface area contributed by atoms with Crippen LogP contribution in [-0.2, 0) is 9.53 Å². The summed E-state index contributed by atoms with van der Waals surface area (Å²) < 4.78 is 4.83. The molecular weight excluding hydrogens is 256 g/mol. The highest BCUT2D eigenvalue weighted by Crippen LogP contribution is 2.34. The van der Waals surface area contributed by atoms with E-state index in [0.717, 1.165) is 18.4 Å². The standard InChI is InChI=1S/C16H20O4/c1-2-15(17)13-8-7-12(11-5-3-4-6-11)9-14(10-13)20-16(18)19/h7-9,11H,2-6,10H2,1H3,(H,18,19). The molecule has 0 radical (unpaired) electrons. The van der Waals surface area contributed by atoms with E-state index in [9.17, 15) is 9.59 Å². The van der Waals surface area contributed by atoms with Gasteiger partial charge in [-0.3, -0.25) is 4.79 Å². The molecule has 0 aromatic heterocycles. The minimum Gasteiger partial charge on any atom is -0.449 e. The van der Waals surface area contributed by atoms with Gasteiger partial charge in [0, 0.05) is 18.4 Å². The Hall–Kier alpha value is -1.84. The first-order chi connectivity index (χ1) is 9.60. The van der Waals surface area contributed by atoms with E-state index in [0.29, 0.717) is 23.7 Å². The molecule has 2 rings (SSSR count). The van der Waals surface area contributed by atoms with Gasteiger partial charge in [-0.1, -0.05) is 31.9 Å². The van der Waals surface area contributed by atoms with Crippen LogP contribution in [0.5, 0.6) is 0 Å². The normalized spacial score (nSPS) is 19.8. The van der Waals surface area contributed by atoms with E-state index in [-0.39, 0.29) is 12.2 Å². The number of hydrogen-bond donors (Lipinski definition) is 1. The zero-order valence-corrected chi connectivity index (χ0v) is 11.7. The Morgan fingerprint density at radius 3 is 2.60 bits per heavy atom. The topological polar surface area (TPSA) is 63.6 Å². The van der Waals surface area contributed by atoms with Crippen LogP contribution in [0.3, 0.4) is 0 Å². The van der Waals surface area contributed by atoms with E-state index >= 15 is 0 Å². The third-order valence-corrected chi connectivity index (χ3v) is 3.89. The molecule has 1 N–H and O–H groups in total. The van der Waals surface area contributed by atoms with Gasteiger partial charge in [-0.05, 0) is 30.4 Å². The maximum atomic E-state index is 11.9. The van der Waals surface area contributed by atoms with Crippen molar-refractivity contribution in [3.05, 3.63) is 35.1 Å². The lowest BCUT2D eigenvalue weighted by Crippen LogP contribution is -2.06. The van der Waals surface area contributed by atoms with Crippen molar-refractivity contribution < 1.29 is 19.4 Å². The third kappa shape index (κ3) is 3.59. The van der Waals surface area contributed by atoms with Crippen LogP contribution in [0.15, 0.2) is 35.1 Å². The van der Waals surface area contributed by atoms with E-state index in [2.05, 4.69) is 0 Å². The van der Waals surface area contributed by atoms with Gasteiger partial charge in [0.2, 0.25) is 0 Å². The second kappa shape index (κ2) is 6.55. The summed E-state index contributed by atoms with van der Waals surface area (Å²) in [5.41, 5.74) is 1.70. The average molecular weight is 276 g/mol. The van der Waals surface area contributed by atoms with Crippen LogP contribution >= 0.6 is 0 Å². The van der Waals surface area contributed by atoms with E-state index in [4.69, 9.17) is 9.84 Å². The lowest BCUT2D eigenvalue weighted by Gasteiger charge is -2.11. The highest BCUT2D eigenvalue weighted by atomic mass is 16.7. The van der Waals surface area contributed by atoms with Gasteiger partial charge in [-0.2, -0.15) is 0 Å². The average Bonchev–Trinajstić information content (AvgIpc) is 2.86. The molecule has 0 unspecified atom stereocenters. The summed E-state index contributed by atoms with van der Waals surface area (Å²) in [7, 11) is 0. The van der Waals surface area contributed by atoms with E-state index in [1.54, 1.807) is 13.0 Å². The second-order valence-corrected chi connectivity index (χ2v) is 5.27. The third-order valence-electron chi connectivity index (χ3n) is 3.89. The Bertz CT molecular complexity index is 491. The van der Waals surface area contributed by atoms with Gasteiger partial charge in [-0.15, -0.1) is 0 Å². The molecule has 0 heterocycles. The number of Topliss-reactive ketones (excluding diaryl/α,β-unsaturated/α-hetero) is 1. The molecule has 0 bridgehead atoms. The van der Waals surface area contributed by atoms with Gasteiger partial charge in [0.1, 0.15) is 5.76 Å². The molecule has 0 aromatic carbocycles. The lowest BCUT2D eigenvalue weighted by atomic mass is 9.97. The van der Waals surface area contributed by atoms with Crippen molar-refractivity contribution in [1.82, 2.24) is 0 Å². The Balaban J connectivity index is 2.27. The minimum atomic E-state index is -1.33. The molecule has 4 heteroatoms. The molecule has 0 amide bonds. The second-order valence-electron chi connectivity index (χ2n) is 5.27. The summed E-state index contributed by atoms with van der Waals surface area (Å²) >= 11 is 0. The maximum absolute atomic E-state index is 11.9. The molecule has 20 heavy (non-hydrogen) atoms. The quantitative estimate of drug-likeness (QED) is 0.788. The Morgan fingerprint density at radius 2 is 2.00 bits per heavy atom. The number of hydrogen-bond acceptors (Lipinski definition) is 3. The monoisotopic (exact) mass is 276 g/mol. The first-order valence-electron chi connectivity index (χ1n) is 7.15. The molecule has 108 valence electrons. The number of carbonyl (C=O) groups excluding carboxylic acids is 1. The van der Waals surface area contributed by atoms with Crippen LogP contribution in [0.25, 0.3) is 0 Å². The van der Waals surface area contributed by atoms with Crippen molar-refractivity contribution in [3.8, 4) is 0 Å².